The highest BCUT2D eigenvalue weighted by molar-refractivity contribution is 5.85. The van der Waals surface area contributed by atoms with Gasteiger partial charge in [-0.25, -0.2) is 0 Å². The van der Waals surface area contributed by atoms with E-state index in [0.29, 0.717) is 0 Å². The normalized spacial score (nSPS) is 11.0. The van der Waals surface area contributed by atoms with Gasteiger partial charge < -0.3 is 4.90 Å². The van der Waals surface area contributed by atoms with E-state index in [4.69, 9.17) is 0 Å². The van der Waals surface area contributed by atoms with Crippen LogP contribution in [0.2, 0.25) is 0 Å². The molecule has 0 rings (SSSR count). The molecule has 0 aromatic carbocycles. The van der Waals surface area contributed by atoms with Gasteiger partial charge in [0, 0.05) is 0 Å². The van der Waals surface area contributed by atoms with Crippen LogP contribution in [0.4, 0.5) is 0 Å². The van der Waals surface area contributed by atoms with Crippen LogP contribution in [0, 0.1) is 0 Å². The van der Waals surface area contributed by atoms with Gasteiger partial charge in [0.25, 0.3) is 0 Å². The quantitative estimate of drug-likeness (QED) is 0.230. The Labute approximate surface area is 154 Å². The van der Waals surface area contributed by atoms with Crippen molar-refractivity contribution in [3.63, 3.8) is 0 Å². The van der Waals surface area contributed by atoms with Crippen molar-refractivity contribution >= 4 is 12.4 Å². The third-order valence-corrected chi connectivity index (χ3v) is 4.93. The molecule has 23 heavy (non-hydrogen) atoms. The van der Waals surface area contributed by atoms with Crippen LogP contribution < -0.4 is 0 Å². The first-order valence-electron chi connectivity index (χ1n) is 10.5. The summed E-state index contributed by atoms with van der Waals surface area (Å²) in [5, 5.41) is 0. The average molecular weight is 348 g/mol. The van der Waals surface area contributed by atoms with Crippen molar-refractivity contribution < 1.29 is 0 Å². The lowest BCUT2D eigenvalue weighted by molar-refractivity contribution is 0.340. The predicted octanol–water partition coefficient (Wildman–Crippen LogP) is 7.62. The Morgan fingerprint density at radius 3 is 1.09 bits per heavy atom. The van der Waals surface area contributed by atoms with Crippen molar-refractivity contribution in [2.45, 2.75) is 117 Å². The zero-order valence-corrected chi connectivity index (χ0v) is 17.4. The van der Waals surface area contributed by atoms with Crippen LogP contribution >= 0.6 is 12.4 Å². The lowest BCUT2D eigenvalue weighted by Crippen LogP contribution is -2.18. The van der Waals surface area contributed by atoms with E-state index in [1.807, 2.05) is 0 Å². The van der Waals surface area contributed by atoms with Crippen molar-refractivity contribution in [3.05, 3.63) is 0 Å². The van der Waals surface area contributed by atoms with Crippen molar-refractivity contribution in [2.75, 3.05) is 20.1 Å². The second-order valence-electron chi connectivity index (χ2n) is 7.20. The summed E-state index contributed by atoms with van der Waals surface area (Å²) in [6, 6.07) is 0. The lowest BCUT2D eigenvalue weighted by atomic mass is 10.0. The van der Waals surface area contributed by atoms with Gasteiger partial charge in [0.05, 0.1) is 0 Å². The van der Waals surface area contributed by atoms with Crippen LogP contribution in [0.15, 0.2) is 0 Å². The molecule has 0 aliphatic carbocycles. The minimum atomic E-state index is 0. The maximum atomic E-state index is 2.42. The third kappa shape index (κ3) is 22.2. The highest BCUT2D eigenvalue weighted by Gasteiger charge is 1.96. The molecule has 0 unspecified atom stereocenters. The minimum Gasteiger partial charge on any atom is -0.307 e. The highest BCUT2D eigenvalue weighted by atomic mass is 35.5. The molecule has 0 aromatic rings. The standard InChI is InChI=1S/C21H45N.ClH/c1-4-6-7-8-9-10-11-12-13-14-15-16-17-18-19-20-21-22(3)5-2;/h4-21H2,1-3H3;1H. The SMILES string of the molecule is CCCCCCCCCCCCCCCCCCN(C)CC.Cl. The molecule has 0 aromatic heterocycles. The van der Waals surface area contributed by atoms with Crippen molar-refractivity contribution in [1.82, 2.24) is 4.90 Å². The zero-order chi connectivity index (χ0) is 16.3. The molecule has 0 aliphatic rings. The van der Waals surface area contributed by atoms with Crippen LogP contribution in [0.25, 0.3) is 0 Å². The second kappa shape index (κ2) is 22.2. The second-order valence-corrected chi connectivity index (χ2v) is 7.20. The number of hydrogen-bond acceptors (Lipinski definition) is 1. The van der Waals surface area contributed by atoms with Crippen LogP contribution in [0.1, 0.15) is 117 Å². The number of nitrogens with zero attached hydrogens (tertiary/aromatic N) is 1. The van der Waals surface area contributed by atoms with Crippen LogP contribution in [-0.4, -0.2) is 25.0 Å². The van der Waals surface area contributed by atoms with Gasteiger partial charge in [-0.2, -0.15) is 0 Å². The summed E-state index contributed by atoms with van der Waals surface area (Å²) in [5.41, 5.74) is 0. The smallest absolute Gasteiger partial charge is 0.00219 e. The molecule has 0 bridgehead atoms. The molecule has 0 amide bonds. The lowest BCUT2D eigenvalue weighted by Gasteiger charge is -2.12. The van der Waals surface area contributed by atoms with Gasteiger partial charge >= 0.3 is 0 Å². The molecule has 0 atom stereocenters. The molecule has 0 saturated carbocycles. The Bertz CT molecular complexity index is 196. The first-order valence-corrected chi connectivity index (χ1v) is 10.5. The summed E-state index contributed by atoms with van der Waals surface area (Å²) < 4.78 is 0. The van der Waals surface area contributed by atoms with E-state index in [1.165, 1.54) is 116 Å². The van der Waals surface area contributed by atoms with Gasteiger partial charge in [-0.3, -0.25) is 0 Å². The van der Waals surface area contributed by atoms with E-state index in [-0.39, 0.29) is 12.4 Å². The number of rotatable bonds is 18. The van der Waals surface area contributed by atoms with Crippen molar-refractivity contribution in [2.24, 2.45) is 0 Å². The molecule has 0 aliphatic heterocycles. The van der Waals surface area contributed by atoms with Gasteiger partial charge in [0.15, 0.2) is 0 Å². The molecule has 0 saturated heterocycles. The fourth-order valence-corrected chi connectivity index (χ4v) is 3.09. The summed E-state index contributed by atoms with van der Waals surface area (Å²) >= 11 is 0. The van der Waals surface area contributed by atoms with Gasteiger partial charge in [-0.15, -0.1) is 12.4 Å². The van der Waals surface area contributed by atoms with Crippen LogP contribution in [0.3, 0.4) is 0 Å². The van der Waals surface area contributed by atoms with Crippen LogP contribution in [0.5, 0.6) is 0 Å². The fraction of sp³-hybridized carbons (Fsp3) is 1.00. The number of unbranched alkanes of at least 4 members (excludes halogenated alkanes) is 15. The molecule has 1 nitrogen and oxygen atoms in total. The summed E-state index contributed by atoms with van der Waals surface area (Å²) in [4.78, 5) is 2.42. The monoisotopic (exact) mass is 347 g/mol. The predicted molar refractivity (Wildman–Crippen MR) is 110 cm³/mol. The molecular weight excluding hydrogens is 302 g/mol. The fourth-order valence-electron chi connectivity index (χ4n) is 3.09. The van der Waals surface area contributed by atoms with Gasteiger partial charge in [-0.05, 0) is 26.6 Å². The van der Waals surface area contributed by atoms with Gasteiger partial charge in [-0.1, -0.05) is 110 Å². The third-order valence-electron chi connectivity index (χ3n) is 4.93. The Kier molecular flexibility index (Phi) is 24.7. The molecule has 0 heterocycles. The summed E-state index contributed by atoms with van der Waals surface area (Å²) in [5.74, 6) is 0. The Balaban J connectivity index is 0. The maximum absolute atomic E-state index is 2.42. The van der Waals surface area contributed by atoms with E-state index in [1.54, 1.807) is 0 Å². The molecular formula is C21H46ClN. The van der Waals surface area contributed by atoms with Gasteiger partial charge in [0.1, 0.15) is 0 Å². The van der Waals surface area contributed by atoms with E-state index < -0.39 is 0 Å². The summed E-state index contributed by atoms with van der Waals surface area (Å²) in [6.45, 7) is 7.02. The minimum absolute atomic E-state index is 0. The largest absolute Gasteiger partial charge is 0.307 e. The first kappa shape index (κ1) is 25.5. The molecule has 2 heteroatoms. The van der Waals surface area contributed by atoms with E-state index in [0.717, 1.165) is 0 Å². The molecule has 0 N–H and O–H groups in total. The molecule has 0 spiro atoms. The summed E-state index contributed by atoms with van der Waals surface area (Å²) in [7, 11) is 2.23. The summed E-state index contributed by atoms with van der Waals surface area (Å²) in [6.07, 6.45) is 23.3. The molecule has 0 fully saturated rings. The van der Waals surface area contributed by atoms with Crippen LogP contribution in [-0.2, 0) is 0 Å². The maximum Gasteiger partial charge on any atom is -0.00219 e. The average Bonchev–Trinajstić information content (AvgIpc) is 2.54. The zero-order valence-electron chi connectivity index (χ0n) is 16.6. The number of hydrogen-bond donors (Lipinski definition) is 0. The topological polar surface area (TPSA) is 3.24 Å². The van der Waals surface area contributed by atoms with E-state index in [9.17, 15) is 0 Å². The molecule has 142 valence electrons. The van der Waals surface area contributed by atoms with Crippen molar-refractivity contribution in [1.29, 1.82) is 0 Å². The number of halogens is 1. The first-order chi connectivity index (χ1) is 10.8. The Hall–Kier alpha value is 0.250. The Morgan fingerprint density at radius 1 is 0.478 bits per heavy atom. The highest BCUT2D eigenvalue weighted by Crippen LogP contribution is 2.13. The Morgan fingerprint density at radius 2 is 0.783 bits per heavy atom. The van der Waals surface area contributed by atoms with E-state index in [2.05, 4.69) is 25.8 Å². The van der Waals surface area contributed by atoms with Crippen molar-refractivity contribution in [3.8, 4) is 0 Å². The van der Waals surface area contributed by atoms with Gasteiger partial charge in [0.2, 0.25) is 0 Å². The van der Waals surface area contributed by atoms with E-state index >= 15 is 0 Å². The molecule has 0 radical (unpaired) electrons.